The van der Waals surface area contributed by atoms with Crippen molar-refractivity contribution in [2.75, 3.05) is 5.32 Å². The molecule has 0 aromatic heterocycles. The Kier molecular flexibility index (Phi) is 3.84. The number of hydrogen-bond donors (Lipinski definition) is 2. The molecule has 1 atom stereocenters. The second-order valence-electron chi connectivity index (χ2n) is 4.38. The summed E-state index contributed by atoms with van der Waals surface area (Å²) in [6, 6.07) is 9.99. The Labute approximate surface area is 114 Å². The lowest BCUT2D eigenvalue weighted by molar-refractivity contribution is -0.384. The summed E-state index contributed by atoms with van der Waals surface area (Å²) < 4.78 is 13.2. The second kappa shape index (κ2) is 5.56. The van der Waals surface area contributed by atoms with E-state index in [1.807, 2.05) is 6.92 Å². The lowest BCUT2D eigenvalue weighted by Crippen LogP contribution is -2.06. The number of nitrogens with zero attached hydrogens (tertiary/aromatic N) is 1. The number of benzene rings is 2. The Morgan fingerprint density at radius 1 is 1.25 bits per heavy atom. The molecule has 104 valence electrons. The van der Waals surface area contributed by atoms with Crippen molar-refractivity contribution in [1.82, 2.24) is 0 Å². The van der Waals surface area contributed by atoms with Gasteiger partial charge in [0, 0.05) is 29.9 Å². The Hall–Kier alpha value is -2.63. The number of nitrogens with one attached hydrogen (secondary N) is 1. The number of nitro benzene ring substituents is 1. The van der Waals surface area contributed by atoms with Crippen LogP contribution in [0.2, 0.25) is 0 Å². The van der Waals surface area contributed by atoms with E-state index in [2.05, 4.69) is 5.32 Å². The molecule has 1 unspecified atom stereocenters. The molecule has 0 bridgehead atoms. The highest BCUT2D eigenvalue weighted by atomic mass is 19.1. The van der Waals surface area contributed by atoms with Crippen LogP contribution in [0.25, 0.3) is 0 Å². The number of halogens is 1. The van der Waals surface area contributed by atoms with Crippen LogP contribution in [0.3, 0.4) is 0 Å². The highest BCUT2D eigenvalue weighted by Crippen LogP contribution is 2.24. The molecule has 0 amide bonds. The van der Waals surface area contributed by atoms with Crippen LogP contribution >= 0.6 is 0 Å². The van der Waals surface area contributed by atoms with Crippen LogP contribution in [-0.2, 0) is 0 Å². The van der Waals surface area contributed by atoms with E-state index in [1.165, 1.54) is 24.3 Å². The van der Waals surface area contributed by atoms with Crippen LogP contribution in [0.1, 0.15) is 18.5 Å². The molecular weight excluding hydrogens is 263 g/mol. The summed E-state index contributed by atoms with van der Waals surface area (Å²) in [5.74, 6) is -1.11. The summed E-state index contributed by atoms with van der Waals surface area (Å²) >= 11 is 0. The zero-order valence-electron chi connectivity index (χ0n) is 10.7. The smallest absolute Gasteiger partial charge is 0.269 e. The molecule has 5 nitrogen and oxygen atoms in total. The summed E-state index contributed by atoms with van der Waals surface area (Å²) in [4.78, 5) is 10.1. The van der Waals surface area contributed by atoms with Crippen LogP contribution in [-0.4, -0.2) is 10.0 Å². The van der Waals surface area contributed by atoms with Gasteiger partial charge in [-0.2, -0.15) is 0 Å². The Morgan fingerprint density at radius 2 is 1.90 bits per heavy atom. The minimum absolute atomic E-state index is 0.0247. The van der Waals surface area contributed by atoms with Gasteiger partial charge in [0.2, 0.25) is 0 Å². The predicted octanol–water partition coefficient (Wildman–Crippen LogP) is 3.61. The van der Waals surface area contributed by atoms with E-state index >= 15 is 0 Å². The van der Waals surface area contributed by atoms with Gasteiger partial charge in [-0.15, -0.1) is 0 Å². The van der Waals surface area contributed by atoms with Crippen molar-refractivity contribution in [3.05, 3.63) is 64.0 Å². The number of phenolic OH excluding ortho intramolecular Hbond substituents is 1. The number of hydrogen-bond acceptors (Lipinski definition) is 4. The SMILES string of the molecule is CC(Nc1ccc(O)c(F)c1)c1ccc([N+](=O)[O-])cc1. The van der Waals surface area contributed by atoms with E-state index in [4.69, 9.17) is 5.11 Å². The second-order valence-corrected chi connectivity index (χ2v) is 4.38. The molecule has 0 spiro atoms. The van der Waals surface area contributed by atoms with Crippen molar-refractivity contribution in [1.29, 1.82) is 0 Å². The highest BCUT2D eigenvalue weighted by Gasteiger charge is 2.10. The minimum atomic E-state index is -0.703. The molecule has 0 radical (unpaired) electrons. The van der Waals surface area contributed by atoms with Gasteiger partial charge in [0.25, 0.3) is 5.69 Å². The maximum atomic E-state index is 13.2. The monoisotopic (exact) mass is 276 g/mol. The molecule has 6 heteroatoms. The Morgan fingerprint density at radius 3 is 2.45 bits per heavy atom. The number of rotatable bonds is 4. The van der Waals surface area contributed by atoms with E-state index in [-0.39, 0.29) is 11.7 Å². The average Bonchev–Trinajstić information content (AvgIpc) is 2.43. The van der Waals surface area contributed by atoms with Crippen LogP contribution in [0.15, 0.2) is 42.5 Å². The van der Waals surface area contributed by atoms with E-state index in [0.29, 0.717) is 5.69 Å². The number of non-ortho nitro benzene ring substituents is 1. The lowest BCUT2D eigenvalue weighted by atomic mass is 10.1. The molecule has 0 aliphatic carbocycles. The summed E-state index contributed by atoms with van der Waals surface area (Å²) in [6.45, 7) is 1.85. The maximum Gasteiger partial charge on any atom is 0.269 e. The zero-order valence-corrected chi connectivity index (χ0v) is 10.7. The van der Waals surface area contributed by atoms with E-state index < -0.39 is 16.5 Å². The van der Waals surface area contributed by atoms with Crippen LogP contribution in [0, 0.1) is 15.9 Å². The fraction of sp³-hybridized carbons (Fsp3) is 0.143. The predicted molar refractivity (Wildman–Crippen MR) is 73.2 cm³/mol. The fourth-order valence-corrected chi connectivity index (χ4v) is 1.81. The van der Waals surface area contributed by atoms with E-state index in [1.54, 1.807) is 18.2 Å². The molecule has 0 saturated heterocycles. The molecular formula is C14H13FN2O3. The molecule has 0 aliphatic rings. The van der Waals surface area contributed by atoms with Crippen molar-refractivity contribution in [3.63, 3.8) is 0 Å². The van der Waals surface area contributed by atoms with Crippen molar-refractivity contribution in [2.24, 2.45) is 0 Å². The first-order valence-electron chi connectivity index (χ1n) is 5.97. The molecule has 2 rings (SSSR count). The molecule has 0 fully saturated rings. The summed E-state index contributed by atoms with van der Waals surface area (Å²) in [7, 11) is 0. The van der Waals surface area contributed by atoms with Gasteiger partial charge in [-0.3, -0.25) is 10.1 Å². The standard InChI is InChI=1S/C14H13FN2O3/c1-9(10-2-5-12(6-3-10)17(19)20)16-11-4-7-14(18)13(15)8-11/h2-9,16,18H,1H3. The number of aromatic hydroxyl groups is 1. The minimum Gasteiger partial charge on any atom is -0.505 e. The van der Waals surface area contributed by atoms with Gasteiger partial charge in [0.05, 0.1) is 4.92 Å². The third-order valence-corrected chi connectivity index (χ3v) is 2.93. The Balaban J connectivity index is 2.12. The van der Waals surface area contributed by atoms with Crippen LogP contribution < -0.4 is 5.32 Å². The molecule has 20 heavy (non-hydrogen) atoms. The number of anilines is 1. The quantitative estimate of drug-likeness (QED) is 0.508. The van der Waals surface area contributed by atoms with Crippen molar-refractivity contribution >= 4 is 11.4 Å². The zero-order chi connectivity index (χ0) is 14.7. The summed E-state index contributed by atoms with van der Waals surface area (Å²) in [6.07, 6.45) is 0. The molecule has 0 heterocycles. The molecule has 2 N–H and O–H groups in total. The van der Waals surface area contributed by atoms with Crippen molar-refractivity contribution < 1.29 is 14.4 Å². The summed E-state index contributed by atoms with van der Waals surface area (Å²) in [5.41, 5.74) is 1.38. The molecule has 2 aromatic rings. The van der Waals surface area contributed by atoms with Crippen LogP contribution in [0.5, 0.6) is 5.75 Å². The van der Waals surface area contributed by atoms with E-state index in [0.717, 1.165) is 5.56 Å². The first-order chi connectivity index (χ1) is 9.47. The van der Waals surface area contributed by atoms with Crippen LogP contribution in [0.4, 0.5) is 15.8 Å². The molecule has 0 aliphatic heterocycles. The average molecular weight is 276 g/mol. The van der Waals surface area contributed by atoms with Crippen molar-refractivity contribution in [3.8, 4) is 5.75 Å². The maximum absolute atomic E-state index is 13.2. The van der Waals surface area contributed by atoms with Gasteiger partial charge < -0.3 is 10.4 Å². The third-order valence-electron chi connectivity index (χ3n) is 2.93. The van der Waals surface area contributed by atoms with Gasteiger partial charge in [-0.25, -0.2) is 4.39 Å². The topological polar surface area (TPSA) is 75.4 Å². The summed E-state index contributed by atoms with van der Waals surface area (Å²) in [5, 5.41) is 22.7. The molecule has 2 aromatic carbocycles. The molecule has 0 saturated carbocycles. The fourth-order valence-electron chi connectivity index (χ4n) is 1.81. The highest BCUT2D eigenvalue weighted by molar-refractivity contribution is 5.49. The van der Waals surface area contributed by atoms with Crippen molar-refractivity contribution in [2.45, 2.75) is 13.0 Å². The van der Waals surface area contributed by atoms with Gasteiger partial charge in [0.1, 0.15) is 0 Å². The third kappa shape index (κ3) is 3.03. The first-order valence-corrected chi connectivity index (χ1v) is 5.97. The van der Waals surface area contributed by atoms with Gasteiger partial charge >= 0.3 is 0 Å². The number of phenols is 1. The van der Waals surface area contributed by atoms with E-state index in [9.17, 15) is 14.5 Å². The first kappa shape index (κ1) is 13.8. The van der Waals surface area contributed by atoms with Gasteiger partial charge in [0.15, 0.2) is 11.6 Å². The van der Waals surface area contributed by atoms with Gasteiger partial charge in [-0.05, 0) is 24.6 Å². The lowest BCUT2D eigenvalue weighted by Gasteiger charge is -2.15. The van der Waals surface area contributed by atoms with Gasteiger partial charge in [-0.1, -0.05) is 12.1 Å². The Bertz CT molecular complexity index is 629. The normalized spacial score (nSPS) is 11.9. The largest absolute Gasteiger partial charge is 0.505 e. The number of nitro groups is 1.